The lowest BCUT2D eigenvalue weighted by Gasteiger charge is -2.27. The molecule has 0 amide bonds. The van der Waals surface area contributed by atoms with Crippen LogP contribution in [0.2, 0.25) is 0 Å². The number of nitrogens with two attached hydrogens (primary N) is 1. The number of benzene rings is 1. The monoisotopic (exact) mass is 342 g/mol. The van der Waals surface area contributed by atoms with E-state index in [9.17, 15) is 0 Å². The lowest BCUT2D eigenvalue weighted by atomic mass is 9.97. The molecule has 5 heteroatoms. The predicted molar refractivity (Wildman–Crippen MR) is 83.7 cm³/mol. The van der Waals surface area contributed by atoms with Gasteiger partial charge in [-0.05, 0) is 55.9 Å². The van der Waals surface area contributed by atoms with Gasteiger partial charge in [0.05, 0.1) is 13.2 Å². The molecule has 0 aliphatic carbocycles. The summed E-state index contributed by atoms with van der Waals surface area (Å²) in [5.41, 5.74) is 4.07. The van der Waals surface area contributed by atoms with Crippen LogP contribution in [0.3, 0.4) is 0 Å². The van der Waals surface area contributed by atoms with Crippen molar-refractivity contribution < 1.29 is 9.47 Å². The van der Waals surface area contributed by atoms with Gasteiger partial charge in [-0.1, -0.05) is 15.9 Å². The highest BCUT2D eigenvalue weighted by atomic mass is 79.9. The Balaban J connectivity index is 1.99. The van der Waals surface area contributed by atoms with Crippen LogP contribution < -0.4 is 16.0 Å². The van der Waals surface area contributed by atoms with Gasteiger partial charge in [0, 0.05) is 17.1 Å². The Hall–Kier alpha value is -0.620. The van der Waals surface area contributed by atoms with Gasteiger partial charge >= 0.3 is 0 Å². The van der Waals surface area contributed by atoms with Gasteiger partial charge in [-0.15, -0.1) is 0 Å². The predicted octanol–water partition coefficient (Wildman–Crippen LogP) is 2.79. The van der Waals surface area contributed by atoms with E-state index < -0.39 is 0 Å². The molecule has 0 spiro atoms. The van der Waals surface area contributed by atoms with Crippen LogP contribution >= 0.6 is 15.9 Å². The zero-order valence-electron chi connectivity index (χ0n) is 11.9. The lowest BCUT2D eigenvalue weighted by Crippen LogP contribution is -2.40. The van der Waals surface area contributed by atoms with Crippen LogP contribution in [-0.4, -0.2) is 25.9 Å². The Morgan fingerprint density at radius 1 is 1.50 bits per heavy atom. The largest absolute Gasteiger partial charge is 0.496 e. The van der Waals surface area contributed by atoms with Crippen molar-refractivity contribution >= 4 is 15.9 Å². The zero-order chi connectivity index (χ0) is 14.4. The summed E-state index contributed by atoms with van der Waals surface area (Å²) in [5, 5.41) is 0. The quantitative estimate of drug-likeness (QED) is 0.616. The highest BCUT2D eigenvalue weighted by Gasteiger charge is 2.20. The summed E-state index contributed by atoms with van der Waals surface area (Å²) in [6.07, 6.45) is 5.65. The normalized spacial score (nSPS) is 20.6. The molecule has 1 aliphatic heterocycles. The minimum absolute atomic E-state index is 0.196. The van der Waals surface area contributed by atoms with Crippen LogP contribution in [-0.2, 0) is 11.2 Å². The zero-order valence-corrected chi connectivity index (χ0v) is 13.5. The maximum Gasteiger partial charge on any atom is 0.122 e. The van der Waals surface area contributed by atoms with Crippen molar-refractivity contribution in [3.8, 4) is 5.75 Å². The molecule has 1 heterocycles. The van der Waals surface area contributed by atoms with E-state index in [0.717, 1.165) is 41.7 Å². The van der Waals surface area contributed by atoms with E-state index in [1.54, 1.807) is 7.11 Å². The Kier molecular flexibility index (Phi) is 6.29. The van der Waals surface area contributed by atoms with Crippen molar-refractivity contribution in [1.82, 2.24) is 5.43 Å². The first-order valence-electron chi connectivity index (χ1n) is 7.13. The van der Waals surface area contributed by atoms with Gasteiger partial charge in [-0.2, -0.15) is 0 Å². The van der Waals surface area contributed by atoms with Crippen molar-refractivity contribution in [3.05, 3.63) is 28.2 Å². The molecule has 2 atom stereocenters. The van der Waals surface area contributed by atoms with Crippen molar-refractivity contribution in [2.24, 2.45) is 5.84 Å². The third-order valence-corrected chi connectivity index (χ3v) is 4.26. The van der Waals surface area contributed by atoms with Crippen molar-refractivity contribution in [1.29, 1.82) is 0 Å². The molecule has 2 unspecified atom stereocenters. The number of hydrogen-bond acceptors (Lipinski definition) is 4. The molecule has 0 aromatic heterocycles. The number of ether oxygens (including phenoxy) is 2. The lowest BCUT2D eigenvalue weighted by molar-refractivity contribution is 0.00521. The van der Waals surface area contributed by atoms with Crippen LogP contribution in [0, 0.1) is 0 Å². The number of halogens is 1. The van der Waals surface area contributed by atoms with Crippen LogP contribution in [0.4, 0.5) is 0 Å². The Morgan fingerprint density at radius 3 is 3.00 bits per heavy atom. The minimum atomic E-state index is 0.196. The molecule has 1 aromatic carbocycles. The molecule has 112 valence electrons. The third kappa shape index (κ3) is 4.45. The van der Waals surface area contributed by atoms with Gasteiger partial charge in [0.1, 0.15) is 5.75 Å². The first kappa shape index (κ1) is 15.8. The van der Waals surface area contributed by atoms with E-state index in [2.05, 4.69) is 27.4 Å². The average molecular weight is 343 g/mol. The van der Waals surface area contributed by atoms with E-state index in [1.807, 2.05) is 12.1 Å². The van der Waals surface area contributed by atoms with Crippen LogP contribution in [0.25, 0.3) is 0 Å². The van der Waals surface area contributed by atoms with Crippen LogP contribution in [0.5, 0.6) is 5.75 Å². The first-order chi connectivity index (χ1) is 9.72. The first-order valence-corrected chi connectivity index (χ1v) is 7.92. The molecule has 0 bridgehead atoms. The Labute approximate surface area is 129 Å². The van der Waals surface area contributed by atoms with Gasteiger partial charge in [0.25, 0.3) is 0 Å². The maximum absolute atomic E-state index is 5.79. The number of hydrazine groups is 1. The molecule has 0 saturated carbocycles. The molecular weight excluding hydrogens is 320 g/mol. The second-order valence-electron chi connectivity index (χ2n) is 5.25. The molecule has 1 fully saturated rings. The molecule has 2 rings (SSSR count). The van der Waals surface area contributed by atoms with Gasteiger partial charge in [0.2, 0.25) is 0 Å². The smallest absolute Gasteiger partial charge is 0.122 e. The summed E-state index contributed by atoms with van der Waals surface area (Å²) in [6.45, 7) is 0.877. The average Bonchev–Trinajstić information content (AvgIpc) is 2.48. The molecule has 1 saturated heterocycles. The number of methoxy groups -OCH3 is 1. The van der Waals surface area contributed by atoms with E-state index >= 15 is 0 Å². The highest BCUT2D eigenvalue weighted by molar-refractivity contribution is 9.10. The number of hydrogen-bond donors (Lipinski definition) is 2. The van der Waals surface area contributed by atoms with Crippen molar-refractivity contribution in [2.45, 2.75) is 44.2 Å². The van der Waals surface area contributed by atoms with E-state index in [1.165, 1.54) is 12.8 Å². The maximum atomic E-state index is 5.79. The summed E-state index contributed by atoms with van der Waals surface area (Å²) in [5.74, 6) is 6.61. The van der Waals surface area contributed by atoms with Crippen molar-refractivity contribution in [2.75, 3.05) is 13.7 Å². The van der Waals surface area contributed by atoms with Gasteiger partial charge in [-0.25, -0.2) is 0 Å². The summed E-state index contributed by atoms with van der Waals surface area (Å²) in [4.78, 5) is 0. The third-order valence-electron chi connectivity index (χ3n) is 3.77. The molecule has 20 heavy (non-hydrogen) atoms. The molecule has 1 aliphatic rings. The standard InChI is InChI=1S/C15H23BrN2O2/c1-19-15-6-5-12(16)8-11(15)9-13(18-17)10-14-4-2-3-7-20-14/h5-6,8,13-14,18H,2-4,7,9-10,17H2,1H3. The molecule has 4 nitrogen and oxygen atoms in total. The molecular formula is C15H23BrN2O2. The van der Waals surface area contributed by atoms with E-state index in [-0.39, 0.29) is 6.04 Å². The fourth-order valence-electron chi connectivity index (χ4n) is 2.69. The van der Waals surface area contributed by atoms with Crippen LogP contribution in [0.15, 0.2) is 22.7 Å². The number of nitrogens with one attached hydrogen (secondary N) is 1. The van der Waals surface area contributed by atoms with Crippen molar-refractivity contribution in [3.63, 3.8) is 0 Å². The summed E-state index contributed by atoms with van der Waals surface area (Å²) in [6, 6.07) is 6.24. The van der Waals surface area contributed by atoms with Crippen LogP contribution in [0.1, 0.15) is 31.2 Å². The topological polar surface area (TPSA) is 56.5 Å². The fraction of sp³-hybridized carbons (Fsp3) is 0.600. The summed E-state index contributed by atoms with van der Waals surface area (Å²) in [7, 11) is 1.70. The van der Waals surface area contributed by atoms with E-state index in [4.69, 9.17) is 15.3 Å². The molecule has 1 aromatic rings. The fourth-order valence-corrected chi connectivity index (χ4v) is 3.10. The SMILES string of the molecule is COc1ccc(Br)cc1CC(CC1CCCCO1)NN. The van der Waals surface area contributed by atoms with Gasteiger partial charge in [-0.3, -0.25) is 11.3 Å². The minimum Gasteiger partial charge on any atom is -0.496 e. The Morgan fingerprint density at radius 2 is 2.35 bits per heavy atom. The Bertz CT molecular complexity index is 422. The van der Waals surface area contributed by atoms with E-state index in [0.29, 0.717) is 6.10 Å². The molecule has 3 N–H and O–H groups in total. The molecule has 0 radical (unpaired) electrons. The summed E-state index contributed by atoms with van der Waals surface area (Å²) >= 11 is 3.50. The second-order valence-corrected chi connectivity index (χ2v) is 6.16. The number of rotatable bonds is 6. The second kappa shape index (κ2) is 7.98. The van der Waals surface area contributed by atoms with Gasteiger partial charge in [0.15, 0.2) is 0 Å². The highest BCUT2D eigenvalue weighted by Crippen LogP contribution is 2.26. The van der Waals surface area contributed by atoms with Gasteiger partial charge < -0.3 is 9.47 Å². The summed E-state index contributed by atoms with van der Waals surface area (Å²) < 4.78 is 12.3.